The first-order valence-corrected chi connectivity index (χ1v) is 10.4. The van der Waals surface area contributed by atoms with Gasteiger partial charge in [-0.25, -0.2) is 4.79 Å². The average molecular weight is 439 g/mol. The monoisotopic (exact) mass is 438 g/mol. The van der Waals surface area contributed by atoms with E-state index in [1.807, 2.05) is 42.5 Å². The molecule has 0 aliphatic carbocycles. The van der Waals surface area contributed by atoms with Gasteiger partial charge in [-0.2, -0.15) is 0 Å². The van der Waals surface area contributed by atoms with Crippen LogP contribution in [0.25, 0.3) is 16.6 Å². The first-order valence-electron chi connectivity index (χ1n) is 9.18. The molecule has 7 heteroatoms. The standard InChI is InChI=1S/C23H19ClN2O3S/c1-14-22(30-19-6-4-5-15(9-19)23(27)29-3)20-8-7-16(24)10-21(20)26(14)17-11-18(28-2)13-25-12-17/h4-13H,1-3H3. The normalized spacial score (nSPS) is 10.9. The first kappa shape index (κ1) is 20.3. The Hall–Kier alpha value is -2.96. The third-order valence-electron chi connectivity index (χ3n) is 4.78. The molecule has 4 rings (SSSR count). The van der Waals surface area contributed by atoms with Gasteiger partial charge in [0.05, 0.1) is 43.4 Å². The van der Waals surface area contributed by atoms with Crippen molar-refractivity contribution in [2.45, 2.75) is 16.7 Å². The molecule has 0 unspecified atom stereocenters. The molecule has 0 fully saturated rings. The molecule has 2 heterocycles. The van der Waals surface area contributed by atoms with Gasteiger partial charge >= 0.3 is 5.97 Å². The summed E-state index contributed by atoms with van der Waals surface area (Å²) in [5.41, 5.74) is 3.41. The molecule has 0 bridgehead atoms. The molecule has 0 atom stereocenters. The molecule has 0 amide bonds. The lowest BCUT2D eigenvalue weighted by Crippen LogP contribution is -2.00. The maximum atomic E-state index is 11.9. The summed E-state index contributed by atoms with van der Waals surface area (Å²) in [5.74, 6) is 0.321. The van der Waals surface area contributed by atoms with E-state index in [0.717, 1.165) is 32.1 Å². The number of nitrogens with zero attached hydrogens (tertiary/aromatic N) is 2. The van der Waals surface area contributed by atoms with Gasteiger partial charge in [-0.1, -0.05) is 35.5 Å². The number of benzene rings is 2. The van der Waals surface area contributed by atoms with Gasteiger partial charge in [0.25, 0.3) is 0 Å². The fraction of sp³-hybridized carbons (Fsp3) is 0.130. The Labute approximate surface area is 183 Å². The number of rotatable bonds is 5. The predicted octanol–water partition coefficient (Wildman–Crippen LogP) is 5.93. The summed E-state index contributed by atoms with van der Waals surface area (Å²) in [6, 6.07) is 15.2. The Bertz CT molecular complexity index is 1250. The van der Waals surface area contributed by atoms with Gasteiger partial charge < -0.3 is 14.0 Å². The number of ether oxygens (including phenoxy) is 2. The van der Waals surface area contributed by atoms with E-state index in [1.54, 1.807) is 37.3 Å². The van der Waals surface area contributed by atoms with Gasteiger partial charge in [-0.15, -0.1) is 0 Å². The van der Waals surface area contributed by atoms with E-state index in [0.29, 0.717) is 16.3 Å². The van der Waals surface area contributed by atoms with Gasteiger partial charge in [0, 0.05) is 32.0 Å². The van der Waals surface area contributed by atoms with Crippen LogP contribution in [0.15, 0.2) is 70.7 Å². The van der Waals surface area contributed by atoms with Gasteiger partial charge in [-0.3, -0.25) is 4.98 Å². The van der Waals surface area contributed by atoms with Gasteiger partial charge in [0.15, 0.2) is 0 Å². The number of carbonyl (C=O) groups is 1. The van der Waals surface area contributed by atoms with E-state index >= 15 is 0 Å². The van der Waals surface area contributed by atoms with Crippen molar-refractivity contribution in [3.8, 4) is 11.4 Å². The third kappa shape index (κ3) is 3.76. The zero-order valence-corrected chi connectivity index (χ0v) is 18.3. The molecule has 152 valence electrons. The second-order valence-electron chi connectivity index (χ2n) is 6.62. The molecule has 0 N–H and O–H groups in total. The molecule has 4 aromatic rings. The van der Waals surface area contributed by atoms with Crippen molar-refractivity contribution < 1.29 is 14.3 Å². The summed E-state index contributed by atoms with van der Waals surface area (Å²) in [5, 5.41) is 1.72. The van der Waals surface area contributed by atoms with Crippen LogP contribution in [0.5, 0.6) is 5.75 Å². The van der Waals surface area contributed by atoms with Crippen molar-refractivity contribution in [3.63, 3.8) is 0 Å². The van der Waals surface area contributed by atoms with E-state index in [-0.39, 0.29) is 5.97 Å². The van der Waals surface area contributed by atoms with Crippen molar-refractivity contribution in [2.24, 2.45) is 0 Å². The molecule has 0 spiro atoms. The highest BCUT2D eigenvalue weighted by Gasteiger charge is 2.18. The highest BCUT2D eigenvalue weighted by atomic mass is 35.5. The molecule has 2 aromatic heterocycles. The molecule has 0 aliphatic heterocycles. The van der Waals surface area contributed by atoms with E-state index < -0.39 is 0 Å². The number of esters is 1. The topological polar surface area (TPSA) is 53.4 Å². The number of methoxy groups -OCH3 is 2. The van der Waals surface area contributed by atoms with Crippen molar-refractivity contribution in [1.29, 1.82) is 0 Å². The van der Waals surface area contributed by atoms with E-state index in [9.17, 15) is 4.79 Å². The summed E-state index contributed by atoms with van der Waals surface area (Å²) >= 11 is 7.91. The fourth-order valence-corrected chi connectivity index (χ4v) is 4.64. The Morgan fingerprint density at radius 1 is 1.10 bits per heavy atom. The van der Waals surface area contributed by atoms with Crippen LogP contribution >= 0.6 is 23.4 Å². The van der Waals surface area contributed by atoms with Crippen molar-refractivity contribution >= 4 is 40.2 Å². The fourth-order valence-electron chi connectivity index (χ4n) is 3.38. The molecule has 30 heavy (non-hydrogen) atoms. The van der Waals surface area contributed by atoms with Crippen molar-refractivity contribution in [1.82, 2.24) is 9.55 Å². The number of hydrogen-bond acceptors (Lipinski definition) is 5. The molecule has 0 aliphatic rings. The molecule has 0 radical (unpaired) electrons. The quantitative estimate of drug-likeness (QED) is 0.361. The number of hydrogen-bond donors (Lipinski definition) is 0. The highest BCUT2D eigenvalue weighted by molar-refractivity contribution is 7.99. The zero-order valence-electron chi connectivity index (χ0n) is 16.7. The minimum absolute atomic E-state index is 0.356. The number of pyridine rings is 1. The third-order valence-corrected chi connectivity index (χ3v) is 6.22. The van der Waals surface area contributed by atoms with Crippen LogP contribution in [0.3, 0.4) is 0 Å². The van der Waals surface area contributed by atoms with E-state index in [4.69, 9.17) is 21.1 Å². The molecular weight excluding hydrogens is 420 g/mol. The Morgan fingerprint density at radius 3 is 2.70 bits per heavy atom. The van der Waals surface area contributed by atoms with Crippen molar-refractivity contribution in [3.05, 3.63) is 77.2 Å². The highest BCUT2D eigenvalue weighted by Crippen LogP contribution is 2.40. The summed E-state index contributed by atoms with van der Waals surface area (Å²) in [6.07, 6.45) is 3.47. The second-order valence-corrected chi connectivity index (χ2v) is 8.14. The van der Waals surface area contributed by atoms with Crippen LogP contribution in [0, 0.1) is 6.92 Å². The minimum Gasteiger partial charge on any atom is -0.495 e. The lowest BCUT2D eigenvalue weighted by Gasteiger charge is -2.10. The lowest BCUT2D eigenvalue weighted by atomic mass is 10.2. The lowest BCUT2D eigenvalue weighted by molar-refractivity contribution is 0.0600. The van der Waals surface area contributed by atoms with Crippen LogP contribution in [0.1, 0.15) is 16.1 Å². The van der Waals surface area contributed by atoms with E-state index in [1.165, 1.54) is 7.11 Å². The van der Waals surface area contributed by atoms with Crippen molar-refractivity contribution in [2.75, 3.05) is 14.2 Å². The first-order chi connectivity index (χ1) is 14.5. The molecule has 0 saturated heterocycles. The number of halogens is 1. The summed E-state index contributed by atoms with van der Waals surface area (Å²) in [6.45, 7) is 2.06. The summed E-state index contributed by atoms with van der Waals surface area (Å²) in [7, 11) is 3.00. The number of carbonyl (C=O) groups excluding carboxylic acids is 1. The van der Waals surface area contributed by atoms with E-state index in [2.05, 4.69) is 16.5 Å². The smallest absolute Gasteiger partial charge is 0.337 e. The van der Waals surface area contributed by atoms with Gasteiger partial charge in [0.2, 0.25) is 0 Å². The molecule has 5 nitrogen and oxygen atoms in total. The van der Waals surface area contributed by atoms with Crippen LogP contribution < -0.4 is 4.74 Å². The minimum atomic E-state index is -0.356. The van der Waals surface area contributed by atoms with Gasteiger partial charge in [-0.05, 0) is 37.3 Å². The maximum Gasteiger partial charge on any atom is 0.337 e. The van der Waals surface area contributed by atoms with Crippen LogP contribution in [-0.4, -0.2) is 29.7 Å². The molecule has 2 aromatic carbocycles. The Kier molecular flexibility index (Phi) is 5.70. The SMILES string of the molecule is COC(=O)c1cccc(Sc2c(C)n(-c3cncc(OC)c3)c3cc(Cl)ccc23)c1. The molecular formula is C23H19ClN2O3S. The maximum absolute atomic E-state index is 11.9. The second kappa shape index (κ2) is 8.42. The Morgan fingerprint density at radius 2 is 1.93 bits per heavy atom. The number of fused-ring (bicyclic) bond motifs is 1. The average Bonchev–Trinajstić information content (AvgIpc) is 3.03. The largest absolute Gasteiger partial charge is 0.495 e. The number of aromatic nitrogens is 2. The van der Waals surface area contributed by atoms with Crippen LogP contribution in [0.4, 0.5) is 0 Å². The summed E-state index contributed by atoms with van der Waals surface area (Å²) < 4.78 is 12.3. The Balaban J connectivity index is 1.87. The molecule has 0 saturated carbocycles. The van der Waals surface area contributed by atoms with Crippen LogP contribution in [0.2, 0.25) is 5.02 Å². The summed E-state index contributed by atoms with van der Waals surface area (Å²) in [4.78, 5) is 18.2. The zero-order chi connectivity index (χ0) is 21.3. The van der Waals surface area contributed by atoms with Gasteiger partial charge in [0.1, 0.15) is 5.75 Å². The van der Waals surface area contributed by atoms with Crippen LogP contribution in [-0.2, 0) is 4.74 Å². The predicted molar refractivity (Wildman–Crippen MR) is 119 cm³/mol.